The first-order valence-electron chi connectivity index (χ1n) is 13.8. The number of thiophene rings is 1. The summed E-state index contributed by atoms with van der Waals surface area (Å²) in [5, 5.41) is 5.83. The van der Waals surface area contributed by atoms with Gasteiger partial charge in [0.1, 0.15) is 16.8 Å². The molecule has 1 N–H and O–H groups in total. The Balaban J connectivity index is 1.32. The van der Waals surface area contributed by atoms with Crippen molar-refractivity contribution in [2.75, 3.05) is 13.1 Å². The molecule has 1 aliphatic heterocycles. The molecular formula is C30H39N5O2S. The quantitative estimate of drug-likeness (QED) is 0.296. The number of ether oxygens (including phenoxy) is 1. The highest BCUT2D eigenvalue weighted by molar-refractivity contribution is 7.19. The summed E-state index contributed by atoms with van der Waals surface area (Å²) in [7, 11) is 0. The molecule has 202 valence electrons. The van der Waals surface area contributed by atoms with E-state index in [2.05, 4.69) is 60.8 Å². The Morgan fingerprint density at radius 1 is 1.18 bits per heavy atom. The molecule has 6 rings (SSSR count). The van der Waals surface area contributed by atoms with Crippen LogP contribution >= 0.6 is 11.3 Å². The number of aromatic amines is 1. The number of nitrogens with one attached hydrogen (secondary N) is 1. The first-order chi connectivity index (χ1) is 17.9. The van der Waals surface area contributed by atoms with E-state index in [1.165, 1.54) is 55.0 Å². The van der Waals surface area contributed by atoms with Crippen molar-refractivity contribution in [2.24, 2.45) is 5.92 Å². The smallest absolute Gasteiger partial charge is 0.320 e. The zero-order valence-corrected chi connectivity index (χ0v) is 24.6. The van der Waals surface area contributed by atoms with Crippen LogP contribution in [0.2, 0.25) is 0 Å². The van der Waals surface area contributed by atoms with Crippen LogP contribution < -0.4 is 0 Å². The molecule has 0 radical (unpaired) electrons. The summed E-state index contributed by atoms with van der Waals surface area (Å²) in [5.41, 5.74) is 8.15. The molecule has 4 aromatic heterocycles. The van der Waals surface area contributed by atoms with Crippen LogP contribution in [0.1, 0.15) is 86.4 Å². The average molecular weight is 534 g/mol. The molecule has 7 nitrogen and oxygen atoms in total. The molecule has 5 heterocycles. The topological polar surface area (TPSA) is 75.5 Å². The number of hydrogen-bond donors (Lipinski definition) is 1. The number of fused-ring (bicyclic) bond motifs is 4. The molecule has 8 heteroatoms. The van der Waals surface area contributed by atoms with E-state index in [1.807, 2.05) is 36.6 Å². The SMILES string of the molecule is Cc1c(-c2[nH]c3sc([C@@H]4CC5CC4CN5CC(=O)OC(C)(C)C)c(C)c3c2C(C)C)cn2ncnc2c1C. The predicted molar refractivity (Wildman–Crippen MR) is 153 cm³/mol. The van der Waals surface area contributed by atoms with Gasteiger partial charge in [-0.3, -0.25) is 9.69 Å². The van der Waals surface area contributed by atoms with Gasteiger partial charge in [-0.05, 0) is 94.4 Å². The lowest BCUT2D eigenvalue weighted by molar-refractivity contribution is -0.156. The summed E-state index contributed by atoms with van der Waals surface area (Å²) in [5.74, 6) is 1.45. The summed E-state index contributed by atoms with van der Waals surface area (Å²) >= 11 is 1.95. The van der Waals surface area contributed by atoms with Crippen LogP contribution in [-0.2, 0) is 9.53 Å². The van der Waals surface area contributed by atoms with E-state index in [0.29, 0.717) is 30.3 Å². The Morgan fingerprint density at radius 3 is 2.61 bits per heavy atom. The van der Waals surface area contributed by atoms with Crippen molar-refractivity contribution in [2.45, 2.75) is 91.7 Å². The Morgan fingerprint density at radius 2 is 1.95 bits per heavy atom. The molecule has 2 bridgehead atoms. The third-order valence-corrected chi connectivity index (χ3v) is 10.0. The van der Waals surface area contributed by atoms with Crippen molar-refractivity contribution in [3.05, 3.63) is 39.7 Å². The standard InChI is InChI=1S/C30H39N5O2S/c1-15(2)24-25-18(5)27(21-10-20-9-19(21)11-34(20)13-23(36)37-30(6,7)8)38-29(25)33-26(24)22-12-35-28(31-14-32-35)17(4)16(22)3/h12,14-15,19-21,33H,9-11,13H2,1-8H3/t19?,20?,21-/m1/s1. The molecule has 1 saturated carbocycles. The van der Waals surface area contributed by atoms with Crippen LogP contribution in [0.25, 0.3) is 27.1 Å². The number of aromatic nitrogens is 4. The molecule has 4 aromatic rings. The fourth-order valence-corrected chi connectivity index (χ4v) is 8.38. The fraction of sp³-hybridized carbons (Fsp3) is 0.567. The van der Waals surface area contributed by atoms with Gasteiger partial charge in [-0.2, -0.15) is 5.10 Å². The highest BCUT2D eigenvalue weighted by Crippen LogP contribution is 2.53. The van der Waals surface area contributed by atoms with Crippen molar-refractivity contribution in [1.82, 2.24) is 24.5 Å². The molecule has 38 heavy (non-hydrogen) atoms. The maximum atomic E-state index is 12.5. The number of aryl methyl sites for hydroxylation is 2. The lowest BCUT2D eigenvalue weighted by Crippen LogP contribution is -2.40. The van der Waals surface area contributed by atoms with Gasteiger partial charge in [0.15, 0.2) is 5.65 Å². The number of carbonyl (C=O) groups is 1. The average Bonchev–Trinajstić information content (AvgIpc) is 3.62. The molecule has 3 atom stereocenters. The van der Waals surface area contributed by atoms with E-state index >= 15 is 0 Å². The van der Waals surface area contributed by atoms with E-state index in [1.54, 1.807) is 6.33 Å². The highest BCUT2D eigenvalue weighted by Gasteiger charge is 2.47. The minimum absolute atomic E-state index is 0.106. The molecule has 2 unspecified atom stereocenters. The summed E-state index contributed by atoms with van der Waals surface area (Å²) in [6, 6.07) is 0.470. The van der Waals surface area contributed by atoms with Crippen molar-refractivity contribution >= 4 is 33.2 Å². The Labute approximate surface area is 228 Å². The number of pyridine rings is 1. The fourth-order valence-electron chi connectivity index (χ4n) is 6.95. The minimum Gasteiger partial charge on any atom is -0.459 e. The van der Waals surface area contributed by atoms with E-state index < -0.39 is 5.60 Å². The molecule has 0 aromatic carbocycles. The number of carbonyl (C=O) groups excluding carboxylic acids is 1. The van der Waals surface area contributed by atoms with Gasteiger partial charge < -0.3 is 9.72 Å². The van der Waals surface area contributed by atoms with Gasteiger partial charge in [0.2, 0.25) is 0 Å². The van der Waals surface area contributed by atoms with Crippen LogP contribution in [0, 0.1) is 26.7 Å². The van der Waals surface area contributed by atoms with Gasteiger partial charge in [-0.25, -0.2) is 9.50 Å². The molecule has 0 spiro atoms. The van der Waals surface area contributed by atoms with Gasteiger partial charge in [0.25, 0.3) is 0 Å². The zero-order chi connectivity index (χ0) is 27.1. The van der Waals surface area contributed by atoms with Crippen molar-refractivity contribution in [1.29, 1.82) is 0 Å². The molecular weight excluding hydrogens is 494 g/mol. The largest absolute Gasteiger partial charge is 0.459 e. The number of H-pyrrole nitrogens is 1. The zero-order valence-electron chi connectivity index (χ0n) is 23.8. The van der Waals surface area contributed by atoms with E-state index in [9.17, 15) is 4.79 Å². The number of hydrogen-bond acceptors (Lipinski definition) is 6. The van der Waals surface area contributed by atoms with Crippen LogP contribution in [0.5, 0.6) is 0 Å². The van der Waals surface area contributed by atoms with Gasteiger partial charge in [0, 0.05) is 34.6 Å². The second-order valence-corrected chi connectivity index (χ2v) is 13.7. The number of nitrogens with zero attached hydrogens (tertiary/aromatic N) is 4. The Kier molecular flexibility index (Phi) is 6.00. The number of esters is 1. The first-order valence-corrected chi connectivity index (χ1v) is 14.6. The van der Waals surface area contributed by atoms with Gasteiger partial charge in [-0.1, -0.05) is 13.8 Å². The van der Waals surface area contributed by atoms with Crippen molar-refractivity contribution in [3.8, 4) is 11.3 Å². The number of rotatable bonds is 5. The predicted octanol–water partition coefficient (Wildman–Crippen LogP) is 6.51. The summed E-state index contributed by atoms with van der Waals surface area (Å²) in [6.07, 6.45) is 6.06. The monoisotopic (exact) mass is 533 g/mol. The van der Waals surface area contributed by atoms with Crippen LogP contribution in [-0.4, -0.2) is 55.2 Å². The lowest BCUT2D eigenvalue weighted by Gasteiger charge is -2.31. The maximum Gasteiger partial charge on any atom is 0.320 e. The third-order valence-electron chi connectivity index (χ3n) is 8.68. The molecule has 1 aliphatic carbocycles. The van der Waals surface area contributed by atoms with Gasteiger partial charge >= 0.3 is 5.97 Å². The minimum atomic E-state index is -0.432. The van der Waals surface area contributed by atoms with E-state index in [0.717, 1.165) is 18.6 Å². The van der Waals surface area contributed by atoms with Crippen molar-refractivity contribution in [3.63, 3.8) is 0 Å². The maximum absolute atomic E-state index is 12.5. The van der Waals surface area contributed by atoms with E-state index in [-0.39, 0.29) is 5.97 Å². The molecule has 2 fully saturated rings. The second-order valence-electron chi connectivity index (χ2n) is 12.7. The lowest BCUT2D eigenvalue weighted by atomic mass is 9.88. The summed E-state index contributed by atoms with van der Waals surface area (Å²) in [6.45, 7) is 18.4. The van der Waals surface area contributed by atoms with E-state index in [4.69, 9.17) is 4.74 Å². The van der Waals surface area contributed by atoms with Crippen LogP contribution in [0.15, 0.2) is 12.5 Å². The Hall–Kier alpha value is -2.71. The Bertz CT molecular complexity index is 1550. The highest BCUT2D eigenvalue weighted by atomic mass is 32.1. The third kappa shape index (κ3) is 4.08. The molecule has 1 saturated heterocycles. The van der Waals surface area contributed by atoms with Crippen LogP contribution in [0.4, 0.5) is 0 Å². The van der Waals surface area contributed by atoms with Crippen molar-refractivity contribution < 1.29 is 9.53 Å². The van der Waals surface area contributed by atoms with Crippen LogP contribution in [0.3, 0.4) is 0 Å². The summed E-state index contributed by atoms with van der Waals surface area (Å²) in [4.78, 5) is 25.9. The molecule has 0 amide bonds. The number of piperidine rings is 1. The normalized spacial score (nSPS) is 22.0. The number of likely N-dealkylation sites (tertiary alicyclic amines) is 1. The molecule has 2 aliphatic rings. The first kappa shape index (κ1) is 25.6. The summed E-state index contributed by atoms with van der Waals surface area (Å²) < 4.78 is 7.49. The van der Waals surface area contributed by atoms with Gasteiger partial charge in [-0.15, -0.1) is 11.3 Å². The van der Waals surface area contributed by atoms with Gasteiger partial charge in [0.05, 0.1) is 12.2 Å². The second kappa shape index (κ2) is 8.91.